The Hall–Kier alpha value is -0.770. The molecule has 0 saturated heterocycles. The standard InChI is InChI=1S/C12H12O3.Na/c1-2-5-9(13)11-8-6-3-4-7-10(8)15-12(11)14;/h3-4,6-7,13H,2,5H2,1H3;/b11-9-;. The van der Waals surface area contributed by atoms with Crippen LogP contribution in [0.3, 0.4) is 0 Å². The number of carbonyl (C=O) groups excluding carboxylic acids is 1. The molecular formula is C12H12NaO3. The van der Waals surface area contributed by atoms with E-state index in [9.17, 15) is 9.90 Å². The molecule has 2 rings (SSSR count). The Balaban J connectivity index is 0.00000128. The summed E-state index contributed by atoms with van der Waals surface area (Å²) in [6.07, 6.45) is 1.30. The van der Waals surface area contributed by atoms with Crippen LogP contribution in [0.4, 0.5) is 0 Å². The first-order valence-corrected chi connectivity index (χ1v) is 4.97. The van der Waals surface area contributed by atoms with Crippen molar-refractivity contribution >= 4 is 41.1 Å². The largest absolute Gasteiger partial charge is 0.511 e. The van der Waals surface area contributed by atoms with Crippen molar-refractivity contribution in [3.63, 3.8) is 0 Å². The first-order chi connectivity index (χ1) is 7.24. The number of esters is 1. The summed E-state index contributed by atoms with van der Waals surface area (Å²) in [6.45, 7) is 1.95. The smallest absolute Gasteiger partial charge is 0.347 e. The Labute approximate surface area is 116 Å². The third-order valence-corrected chi connectivity index (χ3v) is 2.34. The molecule has 1 aromatic carbocycles. The molecule has 0 spiro atoms. The second kappa shape index (κ2) is 5.53. The Morgan fingerprint density at radius 2 is 2.06 bits per heavy atom. The molecule has 0 atom stereocenters. The van der Waals surface area contributed by atoms with Gasteiger partial charge >= 0.3 is 5.97 Å². The summed E-state index contributed by atoms with van der Waals surface area (Å²) in [4.78, 5) is 11.5. The van der Waals surface area contributed by atoms with Crippen LogP contribution in [-0.4, -0.2) is 40.6 Å². The molecule has 16 heavy (non-hydrogen) atoms. The minimum atomic E-state index is -0.456. The number of aliphatic hydroxyl groups excluding tert-OH is 1. The van der Waals surface area contributed by atoms with Gasteiger partial charge in [0.2, 0.25) is 0 Å². The summed E-state index contributed by atoms with van der Waals surface area (Å²) >= 11 is 0. The summed E-state index contributed by atoms with van der Waals surface area (Å²) in [7, 11) is 0. The number of allylic oxidation sites excluding steroid dienone is 1. The molecule has 0 aliphatic carbocycles. The van der Waals surface area contributed by atoms with Crippen LogP contribution in [0.15, 0.2) is 30.0 Å². The van der Waals surface area contributed by atoms with Crippen molar-refractivity contribution in [3.05, 3.63) is 35.6 Å². The fourth-order valence-electron chi connectivity index (χ4n) is 1.66. The first kappa shape index (κ1) is 13.3. The third-order valence-electron chi connectivity index (χ3n) is 2.34. The van der Waals surface area contributed by atoms with Gasteiger partial charge in [-0.05, 0) is 12.5 Å². The minimum Gasteiger partial charge on any atom is -0.511 e. The van der Waals surface area contributed by atoms with Crippen molar-refractivity contribution in [2.45, 2.75) is 19.8 Å². The summed E-state index contributed by atoms with van der Waals surface area (Å²) in [5, 5.41) is 9.74. The monoisotopic (exact) mass is 227 g/mol. The molecule has 0 saturated carbocycles. The van der Waals surface area contributed by atoms with Crippen LogP contribution in [-0.2, 0) is 4.79 Å². The second-order valence-electron chi connectivity index (χ2n) is 3.46. The van der Waals surface area contributed by atoms with Crippen molar-refractivity contribution in [3.8, 4) is 5.75 Å². The Kier molecular flexibility index (Phi) is 4.59. The summed E-state index contributed by atoms with van der Waals surface area (Å²) < 4.78 is 5.03. The molecule has 1 aliphatic rings. The maximum atomic E-state index is 11.5. The van der Waals surface area contributed by atoms with E-state index < -0.39 is 5.97 Å². The number of fused-ring (bicyclic) bond motifs is 1. The van der Waals surface area contributed by atoms with Crippen LogP contribution in [0.25, 0.3) is 5.57 Å². The van der Waals surface area contributed by atoms with Crippen LogP contribution in [0.5, 0.6) is 5.75 Å². The summed E-state index contributed by atoms with van der Waals surface area (Å²) in [5.74, 6) is 0.190. The zero-order valence-corrected chi connectivity index (χ0v) is 11.5. The van der Waals surface area contributed by atoms with E-state index in [-0.39, 0.29) is 35.3 Å². The molecule has 0 bridgehead atoms. The molecule has 1 aromatic rings. The molecule has 1 radical (unpaired) electrons. The average molecular weight is 227 g/mol. The second-order valence-corrected chi connectivity index (χ2v) is 3.46. The topological polar surface area (TPSA) is 46.5 Å². The van der Waals surface area contributed by atoms with Gasteiger partial charge in [0.05, 0.1) is 0 Å². The molecule has 1 heterocycles. The number of carbonyl (C=O) groups is 1. The zero-order valence-electron chi connectivity index (χ0n) is 9.49. The Bertz CT molecular complexity index is 438. The van der Waals surface area contributed by atoms with E-state index in [1.807, 2.05) is 13.0 Å². The van der Waals surface area contributed by atoms with Gasteiger partial charge in [0, 0.05) is 41.5 Å². The number of aliphatic hydroxyl groups is 1. The zero-order chi connectivity index (χ0) is 10.8. The number of hydrogen-bond acceptors (Lipinski definition) is 3. The van der Waals surface area contributed by atoms with Crippen LogP contribution in [0, 0.1) is 0 Å². The van der Waals surface area contributed by atoms with Crippen molar-refractivity contribution in [1.82, 2.24) is 0 Å². The fraction of sp³-hybridized carbons (Fsp3) is 0.250. The normalized spacial score (nSPS) is 16.2. The molecule has 4 heteroatoms. The van der Waals surface area contributed by atoms with E-state index in [0.29, 0.717) is 23.3 Å². The number of benzene rings is 1. The van der Waals surface area contributed by atoms with Crippen LogP contribution in [0.2, 0.25) is 0 Å². The average Bonchev–Trinajstić information content (AvgIpc) is 2.54. The van der Waals surface area contributed by atoms with Gasteiger partial charge in [-0.2, -0.15) is 0 Å². The van der Waals surface area contributed by atoms with Gasteiger partial charge in [-0.3, -0.25) is 0 Å². The Morgan fingerprint density at radius 3 is 2.75 bits per heavy atom. The van der Waals surface area contributed by atoms with Gasteiger partial charge in [-0.1, -0.05) is 25.1 Å². The van der Waals surface area contributed by atoms with Crippen molar-refractivity contribution in [2.24, 2.45) is 0 Å². The van der Waals surface area contributed by atoms with Gasteiger partial charge < -0.3 is 9.84 Å². The molecule has 0 fully saturated rings. The molecule has 79 valence electrons. The van der Waals surface area contributed by atoms with Crippen LogP contribution < -0.4 is 4.74 Å². The molecule has 0 aromatic heterocycles. The van der Waals surface area contributed by atoms with E-state index in [2.05, 4.69) is 0 Å². The van der Waals surface area contributed by atoms with Crippen molar-refractivity contribution in [1.29, 1.82) is 0 Å². The maximum absolute atomic E-state index is 11.5. The molecule has 0 unspecified atom stereocenters. The van der Waals surface area contributed by atoms with Crippen molar-refractivity contribution in [2.75, 3.05) is 0 Å². The predicted octanol–water partition coefficient (Wildman–Crippen LogP) is 2.29. The molecule has 0 amide bonds. The van der Waals surface area contributed by atoms with Gasteiger partial charge in [-0.25, -0.2) is 4.79 Å². The summed E-state index contributed by atoms with van der Waals surface area (Å²) in [5.41, 5.74) is 1.00. The van der Waals surface area contributed by atoms with Gasteiger partial charge in [0.15, 0.2) is 0 Å². The molecule has 1 aliphatic heterocycles. The maximum Gasteiger partial charge on any atom is 0.347 e. The molecule has 1 N–H and O–H groups in total. The third kappa shape index (κ3) is 2.32. The summed E-state index contributed by atoms with van der Waals surface area (Å²) in [6, 6.07) is 7.12. The number of rotatable bonds is 2. The first-order valence-electron chi connectivity index (χ1n) is 4.97. The SMILES string of the molecule is CCC/C(O)=C1/C(=O)Oc2ccccc21.[Na]. The van der Waals surface area contributed by atoms with E-state index >= 15 is 0 Å². The van der Waals surface area contributed by atoms with Gasteiger partial charge in [0.25, 0.3) is 0 Å². The van der Waals surface area contributed by atoms with Crippen molar-refractivity contribution < 1.29 is 14.6 Å². The van der Waals surface area contributed by atoms with E-state index in [0.717, 1.165) is 6.42 Å². The molecular weight excluding hydrogens is 215 g/mol. The number of para-hydroxylation sites is 1. The van der Waals surface area contributed by atoms with Crippen LogP contribution >= 0.6 is 0 Å². The number of hydrogen-bond donors (Lipinski definition) is 1. The van der Waals surface area contributed by atoms with Crippen LogP contribution in [0.1, 0.15) is 25.3 Å². The fourth-order valence-corrected chi connectivity index (χ4v) is 1.66. The van der Waals surface area contributed by atoms with E-state index in [1.54, 1.807) is 18.2 Å². The Morgan fingerprint density at radius 1 is 1.38 bits per heavy atom. The van der Waals surface area contributed by atoms with Gasteiger partial charge in [-0.15, -0.1) is 0 Å². The molecule has 3 nitrogen and oxygen atoms in total. The predicted molar refractivity (Wildman–Crippen MR) is 62.3 cm³/mol. The van der Waals surface area contributed by atoms with Gasteiger partial charge in [0.1, 0.15) is 17.1 Å². The quantitative estimate of drug-likeness (QED) is 0.277. The van der Waals surface area contributed by atoms with E-state index in [1.165, 1.54) is 0 Å². The number of ether oxygens (including phenoxy) is 1. The minimum absolute atomic E-state index is 0. The van der Waals surface area contributed by atoms with E-state index in [4.69, 9.17) is 4.74 Å².